The number of amides is 1. The van der Waals surface area contributed by atoms with Gasteiger partial charge in [-0.3, -0.25) is 4.79 Å². The molecule has 0 saturated carbocycles. The molecule has 0 aliphatic heterocycles. The molecule has 1 aromatic carbocycles. The van der Waals surface area contributed by atoms with Crippen molar-refractivity contribution in [1.29, 1.82) is 0 Å². The van der Waals surface area contributed by atoms with E-state index in [-0.39, 0.29) is 12.5 Å². The van der Waals surface area contributed by atoms with Crippen molar-refractivity contribution in [3.63, 3.8) is 0 Å². The molecule has 5 heteroatoms. The van der Waals surface area contributed by atoms with E-state index >= 15 is 0 Å². The lowest BCUT2D eigenvalue weighted by molar-refractivity contribution is 0.0445. The Morgan fingerprint density at radius 2 is 2.10 bits per heavy atom. The highest BCUT2D eigenvalue weighted by Gasteiger charge is 2.30. The molecule has 0 spiro atoms. The van der Waals surface area contributed by atoms with Gasteiger partial charge in [0, 0.05) is 22.5 Å². The minimum atomic E-state index is -0.636. The first-order valence-electron chi connectivity index (χ1n) is 6.35. The first kappa shape index (κ1) is 15.1. The zero-order valence-corrected chi connectivity index (χ0v) is 13.6. The van der Waals surface area contributed by atoms with Gasteiger partial charge in [-0.25, -0.2) is 0 Å². The first-order chi connectivity index (χ1) is 9.27. The molecule has 0 aliphatic carbocycles. The summed E-state index contributed by atoms with van der Waals surface area (Å²) in [5, 5.41) is 10.3. The minimum Gasteiger partial charge on any atom is -0.451 e. The SMILES string of the molecule is Cc1c(C(=O)N(C)C(C)(C)CO)oc2ccc(Br)cc12. The summed E-state index contributed by atoms with van der Waals surface area (Å²) in [6.45, 7) is 5.37. The average molecular weight is 340 g/mol. The van der Waals surface area contributed by atoms with Crippen molar-refractivity contribution < 1.29 is 14.3 Å². The number of hydrogen-bond acceptors (Lipinski definition) is 3. The Labute approximate surface area is 126 Å². The zero-order valence-electron chi connectivity index (χ0n) is 12.0. The summed E-state index contributed by atoms with van der Waals surface area (Å²) in [5.41, 5.74) is 0.861. The monoisotopic (exact) mass is 339 g/mol. The third kappa shape index (κ3) is 2.47. The molecule has 1 heterocycles. The van der Waals surface area contributed by atoms with Crippen molar-refractivity contribution in [2.24, 2.45) is 0 Å². The van der Waals surface area contributed by atoms with Crippen LogP contribution in [0.25, 0.3) is 11.0 Å². The Hall–Kier alpha value is -1.33. The molecule has 20 heavy (non-hydrogen) atoms. The van der Waals surface area contributed by atoms with Gasteiger partial charge in [0.1, 0.15) is 5.58 Å². The third-order valence-electron chi connectivity index (χ3n) is 3.69. The largest absolute Gasteiger partial charge is 0.451 e. The fourth-order valence-corrected chi connectivity index (χ4v) is 2.29. The molecule has 4 nitrogen and oxygen atoms in total. The van der Waals surface area contributed by atoms with Crippen LogP contribution in [0.15, 0.2) is 27.1 Å². The summed E-state index contributed by atoms with van der Waals surface area (Å²) in [7, 11) is 1.67. The van der Waals surface area contributed by atoms with Gasteiger partial charge in [0.2, 0.25) is 0 Å². The lowest BCUT2D eigenvalue weighted by atomic mass is 10.0. The topological polar surface area (TPSA) is 53.7 Å². The fraction of sp³-hybridized carbons (Fsp3) is 0.400. The standard InChI is InChI=1S/C15H18BrNO3/c1-9-11-7-10(16)5-6-12(11)20-13(9)14(19)17(4)15(2,3)8-18/h5-7,18H,8H2,1-4H3. The highest BCUT2D eigenvalue weighted by Crippen LogP contribution is 2.29. The van der Waals surface area contributed by atoms with Crippen LogP contribution in [0.1, 0.15) is 30.0 Å². The molecule has 0 atom stereocenters. The second-order valence-electron chi connectivity index (χ2n) is 5.53. The molecule has 2 rings (SSSR count). The summed E-state index contributed by atoms with van der Waals surface area (Å²) in [6, 6.07) is 5.64. The summed E-state index contributed by atoms with van der Waals surface area (Å²) in [5.74, 6) is 0.0935. The number of rotatable bonds is 3. The van der Waals surface area contributed by atoms with Gasteiger partial charge < -0.3 is 14.4 Å². The van der Waals surface area contributed by atoms with Gasteiger partial charge in [-0.1, -0.05) is 15.9 Å². The summed E-state index contributed by atoms with van der Waals surface area (Å²) in [6.07, 6.45) is 0. The van der Waals surface area contributed by atoms with E-state index in [0.29, 0.717) is 11.3 Å². The molecule has 0 aliphatic rings. The molecular formula is C15H18BrNO3. The number of furan rings is 1. The number of benzene rings is 1. The number of likely N-dealkylation sites (N-methyl/N-ethyl adjacent to an activating group) is 1. The van der Waals surface area contributed by atoms with Crippen molar-refractivity contribution in [2.45, 2.75) is 26.3 Å². The van der Waals surface area contributed by atoms with E-state index in [1.807, 2.05) is 25.1 Å². The van der Waals surface area contributed by atoms with E-state index < -0.39 is 5.54 Å². The van der Waals surface area contributed by atoms with E-state index in [2.05, 4.69) is 15.9 Å². The number of halogens is 1. The quantitative estimate of drug-likeness (QED) is 0.932. The van der Waals surface area contributed by atoms with Crippen molar-refractivity contribution in [3.8, 4) is 0 Å². The van der Waals surface area contributed by atoms with Gasteiger partial charge in [0.15, 0.2) is 5.76 Å². The number of aliphatic hydroxyl groups excluding tert-OH is 1. The normalized spacial score (nSPS) is 11.9. The van der Waals surface area contributed by atoms with Gasteiger partial charge in [-0.15, -0.1) is 0 Å². The lowest BCUT2D eigenvalue weighted by Crippen LogP contribution is -2.47. The van der Waals surface area contributed by atoms with Crippen molar-refractivity contribution in [2.75, 3.05) is 13.7 Å². The van der Waals surface area contributed by atoms with Crippen LogP contribution in [0.4, 0.5) is 0 Å². The van der Waals surface area contributed by atoms with E-state index in [4.69, 9.17) is 4.42 Å². The van der Waals surface area contributed by atoms with Gasteiger partial charge in [0.05, 0.1) is 12.1 Å². The van der Waals surface area contributed by atoms with Gasteiger partial charge in [-0.2, -0.15) is 0 Å². The Morgan fingerprint density at radius 1 is 1.45 bits per heavy atom. The summed E-state index contributed by atoms with van der Waals surface area (Å²) >= 11 is 3.41. The molecule has 0 saturated heterocycles. The van der Waals surface area contributed by atoms with Crippen LogP contribution in [0, 0.1) is 6.92 Å². The molecule has 1 aromatic heterocycles. The Morgan fingerprint density at radius 3 is 2.70 bits per heavy atom. The molecule has 0 fully saturated rings. The molecule has 1 N–H and O–H groups in total. The van der Waals surface area contributed by atoms with Crippen LogP contribution in [0.3, 0.4) is 0 Å². The molecule has 0 unspecified atom stereocenters. The predicted octanol–water partition coefficient (Wildman–Crippen LogP) is 3.35. The van der Waals surface area contributed by atoms with Crippen LogP contribution in [0.2, 0.25) is 0 Å². The number of aliphatic hydroxyl groups is 1. The van der Waals surface area contributed by atoms with Gasteiger partial charge in [0.25, 0.3) is 5.91 Å². The smallest absolute Gasteiger partial charge is 0.290 e. The van der Waals surface area contributed by atoms with Crippen molar-refractivity contribution >= 4 is 32.8 Å². The Bertz CT molecular complexity index is 660. The first-order valence-corrected chi connectivity index (χ1v) is 7.15. The van der Waals surface area contributed by atoms with Crippen LogP contribution in [-0.2, 0) is 0 Å². The molecule has 1 amide bonds. The summed E-state index contributed by atoms with van der Waals surface area (Å²) < 4.78 is 6.62. The van der Waals surface area contributed by atoms with Crippen LogP contribution in [0.5, 0.6) is 0 Å². The molecular weight excluding hydrogens is 322 g/mol. The second kappa shape index (κ2) is 5.22. The van der Waals surface area contributed by atoms with Crippen molar-refractivity contribution in [3.05, 3.63) is 34.0 Å². The maximum absolute atomic E-state index is 12.5. The molecule has 108 valence electrons. The van der Waals surface area contributed by atoms with E-state index in [1.54, 1.807) is 20.9 Å². The summed E-state index contributed by atoms with van der Waals surface area (Å²) in [4.78, 5) is 14.0. The predicted molar refractivity (Wildman–Crippen MR) is 81.9 cm³/mol. The van der Waals surface area contributed by atoms with Gasteiger partial charge in [-0.05, 0) is 39.0 Å². The van der Waals surface area contributed by atoms with Crippen molar-refractivity contribution in [1.82, 2.24) is 4.90 Å². The second-order valence-corrected chi connectivity index (χ2v) is 6.45. The molecule has 2 aromatic rings. The number of hydrogen-bond donors (Lipinski definition) is 1. The number of nitrogens with zero attached hydrogens (tertiary/aromatic N) is 1. The Kier molecular flexibility index (Phi) is 3.93. The highest BCUT2D eigenvalue weighted by atomic mass is 79.9. The molecule has 0 radical (unpaired) electrons. The number of carbonyl (C=O) groups excluding carboxylic acids is 1. The third-order valence-corrected chi connectivity index (χ3v) is 4.19. The van der Waals surface area contributed by atoms with E-state index in [1.165, 1.54) is 4.90 Å². The molecule has 0 bridgehead atoms. The number of aryl methyl sites for hydroxylation is 1. The Balaban J connectivity index is 2.48. The zero-order chi connectivity index (χ0) is 15.1. The lowest BCUT2D eigenvalue weighted by Gasteiger charge is -2.33. The number of fused-ring (bicyclic) bond motifs is 1. The van der Waals surface area contributed by atoms with E-state index in [0.717, 1.165) is 15.4 Å². The van der Waals surface area contributed by atoms with Gasteiger partial charge >= 0.3 is 0 Å². The van der Waals surface area contributed by atoms with E-state index in [9.17, 15) is 9.90 Å². The average Bonchev–Trinajstić information content (AvgIpc) is 2.74. The maximum atomic E-state index is 12.5. The van der Waals surface area contributed by atoms with Crippen LogP contribution < -0.4 is 0 Å². The van der Waals surface area contributed by atoms with Crippen LogP contribution in [-0.4, -0.2) is 35.1 Å². The highest BCUT2D eigenvalue weighted by molar-refractivity contribution is 9.10. The maximum Gasteiger partial charge on any atom is 0.290 e. The number of carbonyl (C=O) groups is 1. The minimum absolute atomic E-state index is 0.111. The van der Waals surface area contributed by atoms with Crippen LogP contribution >= 0.6 is 15.9 Å². The fourth-order valence-electron chi connectivity index (χ4n) is 1.93.